The highest BCUT2D eigenvalue weighted by Crippen LogP contribution is 2.18. The fourth-order valence-corrected chi connectivity index (χ4v) is 1.51. The summed E-state index contributed by atoms with van der Waals surface area (Å²) in [7, 11) is 0. The van der Waals surface area contributed by atoms with Crippen molar-refractivity contribution < 1.29 is 4.79 Å². The molecule has 0 spiro atoms. The number of hydrogen-bond acceptors (Lipinski definition) is 3. The molecule has 0 aliphatic carbocycles. The summed E-state index contributed by atoms with van der Waals surface area (Å²) in [6.07, 6.45) is 1.73. The van der Waals surface area contributed by atoms with E-state index in [4.69, 9.17) is 5.73 Å². The van der Waals surface area contributed by atoms with Gasteiger partial charge in [0.05, 0.1) is 6.04 Å². The van der Waals surface area contributed by atoms with Crippen LogP contribution in [0.3, 0.4) is 0 Å². The average Bonchev–Trinajstić information content (AvgIpc) is 2.40. The molecule has 0 bridgehead atoms. The first-order valence-electron chi connectivity index (χ1n) is 5.75. The maximum absolute atomic E-state index is 11.4. The van der Waals surface area contributed by atoms with Gasteiger partial charge in [-0.2, -0.15) is 0 Å². The van der Waals surface area contributed by atoms with Gasteiger partial charge in [0, 0.05) is 11.8 Å². The predicted octanol–water partition coefficient (Wildman–Crippen LogP) is 2.03. The molecule has 4 heteroatoms. The molecule has 1 amide bonds. The number of hydrogen-bond donors (Lipinski definition) is 2. The Bertz CT molecular complexity index is 520. The Morgan fingerprint density at radius 2 is 1.89 bits per heavy atom. The molecular formula is C14H15N3O. The maximum Gasteiger partial charge on any atom is 0.242 e. The van der Waals surface area contributed by atoms with E-state index in [1.807, 2.05) is 36.4 Å². The Kier molecular flexibility index (Phi) is 3.69. The van der Waals surface area contributed by atoms with E-state index in [2.05, 4.69) is 10.3 Å². The van der Waals surface area contributed by atoms with E-state index >= 15 is 0 Å². The van der Waals surface area contributed by atoms with Crippen LogP contribution < -0.4 is 11.1 Å². The van der Waals surface area contributed by atoms with Crippen molar-refractivity contribution in [3.8, 4) is 11.1 Å². The summed E-state index contributed by atoms with van der Waals surface area (Å²) in [4.78, 5) is 15.6. The van der Waals surface area contributed by atoms with Crippen LogP contribution in [0.15, 0.2) is 48.7 Å². The highest BCUT2D eigenvalue weighted by atomic mass is 16.2. The molecule has 1 unspecified atom stereocenters. The number of anilines is 1. The fraction of sp³-hybridized carbons (Fsp3) is 0.143. The van der Waals surface area contributed by atoms with Crippen LogP contribution in [0, 0.1) is 0 Å². The molecular weight excluding hydrogens is 226 g/mol. The van der Waals surface area contributed by atoms with Crippen molar-refractivity contribution in [2.24, 2.45) is 5.73 Å². The van der Waals surface area contributed by atoms with Crippen LogP contribution in [0.5, 0.6) is 0 Å². The van der Waals surface area contributed by atoms with E-state index in [0.29, 0.717) is 5.82 Å². The van der Waals surface area contributed by atoms with Gasteiger partial charge in [0.25, 0.3) is 0 Å². The third-order valence-electron chi connectivity index (χ3n) is 2.54. The number of nitrogens with two attached hydrogens (primary N) is 1. The van der Waals surface area contributed by atoms with Gasteiger partial charge in [0.15, 0.2) is 0 Å². The third kappa shape index (κ3) is 2.93. The molecule has 18 heavy (non-hydrogen) atoms. The van der Waals surface area contributed by atoms with Crippen molar-refractivity contribution in [1.82, 2.24) is 4.98 Å². The molecule has 1 aromatic heterocycles. The summed E-state index contributed by atoms with van der Waals surface area (Å²) in [5, 5.41) is 2.64. The van der Waals surface area contributed by atoms with Gasteiger partial charge in [-0.1, -0.05) is 30.3 Å². The van der Waals surface area contributed by atoms with E-state index in [1.54, 1.807) is 19.2 Å². The van der Waals surface area contributed by atoms with Gasteiger partial charge in [-0.3, -0.25) is 4.79 Å². The molecule has 0 saturated carbocycles. The van der Waals surface area contributed by atoms with E-state index < -0.39 is 6.04 Å². The summed E-state index contributed by atoms with van der Waals surface area (Å²) < 4.78 is 0. The number of carbonyl (C=O) groups is 1. The smallest absolute Gasteiger partial charge is 0.242 e. The largest absolute Gasteiger partial charge is 0.320 e. The molecule has 0 aliphatic rings. The highest BCUT2D eigenvalue weighted by Gasteiger charge is 2.07. The summed E-state index contributed by atoms with van der Waals surface area (Å²) in [5.41, 5.74) is 7.57. The van der Waals surface area contributed by atoms with Gasteiger partial charge in [-0.25, -0.2) is 4.98 Å². The Balaban J connectivity index is 2.13. The lowest BCUT2D eigenvalue weighted by Gasteiger charge is -2.07. The van der Waals surface area contributed by atoms with E-state index in [-0.39, 0.29) is 5.91 Å². The highest BCUT2D eigenvalue weighted by molar-refractivity contribution is 5.93. The van der Waals surface area contributed by atoms with Crippen LogP contribution in [0.1, 0.15) is 6.92 Å². The summed E-state index contributed by atoms with van der Waals surface area (Å²) in [5.74, 6) is 0.270. The zero-order valence-electron chi connectivity index (χ0n) is 10.1. The van der Waals surface area contributed by atoms with Crippen LogP contribution >= 0.6 is 0 Å². The molecule has 1 heterocycles. The zero-order chi connectivity index (χ0) is 13.0. The van der Waals surface area contributed by atoms with Crippen LogP contribution in [0.2, 0.25) is 0 Å². The third-order valence-corrected chi connectivity index (χ3v) is 2.54. The van der Waals surface area contributed by atoms with Crippen molar-refractivity contribution in [3.63, 3.8) is 0 Å². The fourth-order valence-electron chi connectivity index (χ4n) is 1.51. The number of nitrogens with zero attached hydrogens (tertiary/aromatic N) is 1. The molecule has 2 rings (SSSR count). The van der Waals surface area contributed by atoms with E-state index in [1.165, 1.54) is 0 Å². The lowest BCUT2D eigenvalue weighted by Crippen LogP contribution is -2.32. The first-order chi connectivity index (χ1) is 8.66. The normalized spacial score (nSPS) is 11.9. The standard InChI is InChI=1S/C14H15N3O/c1-10(15)14(18)17-13-8-7-12(9-16-13)11-5-3-2-4-6-11/h2-10H,15H2,1H3,(H,16,17,18). The molecule has 3 N–H and O–H groups in total. The maximum atomic E-state index is 11.4. The number of rotatable bonds is 3. The first-order valence-corrected chi connectivity index (χ1v) is 5.75. The van der Waals surface area contributed by atoms with Crippen molar-refractivity contribution in [3.05, 3.63) is 48.7 Å². The van der Waals surface area contributed by atoms with Crippen molar-refractivity contribution >= 4 is 11.7 Å². The van der Waals surface area contributed by atoms with Crippen molar-refractivity contribution in [1.29, 1.82) is 0 Å². The van der Waals surface area contributed by atoms with Gasteiger partial charge in [-0.15, -0.1) is 0 Å². The second kappa shape index (κ2) is 5.42. The SMILES string of the molecule is CC(N)C(=O)Nc1ccc(-c2ccccc2)cn1. The molecule has 1 atom stereocenters. The minimum absolute atomic E-state index is 0.241. The number of pyridine rings is 1. The minimum Gasteiger partial charge on any atom is -0.320 e. The van der Waals surface area contributed by atoms with Crippen molar-refractivity contribution in [2.45, 2.75) is 13.0 Å². The number of nitrogens with one attached hydrogen (secondary N) is 1. The quantitative estimate of drug-likeness (QED) is 0.864. The summed E-state index contributed by atoms with van der Waals surface area (Å²) in [6, 6.07) is 13.1. The monoisotopic (exact) mass is 241 g/mol. The topological polar surface area (TPSA) is 68.0 Å². The minimum atomic E-state index is -0.541. The van der Waals surface area contributed by atoms with Gasteiger partial charge in [0.1, 0.15) is 5.82 Å². The Labute approximate surface area is 106 Å². The van der Waals surface area contributed by atoms with Gasteiger partial charge < -0.3 is 11.1 Å². The summed E-state index contributed by atoms with van der Waals surface area (Å²) >= 11 is 0. The molecule has 4 nitrogen and oxygen atoms in total. The first kappa shape index (κ1) is 12.3. The van der Waals surface area contributed by atoms with Gasteiger partial charge in [0.2, 0.25) is 5.91 Å². The number of amides is 1. The van der Waals surface area contributed by atoms with E-state index in [9.17, 15) is 4.79 Å². The second-order valence-corrected chi connectivity index (χ2v) is 4.08. The van der Waals surface area contributed by atoms with Crippen LogP contribution in [0.25, 0.3) is 11.1 Å². The lowest BCUT2D eigenvalue weighted by atomic mass is 10.1. The van der Waals surface area contributed by atoms with Crippen LogP contribution in [0.4, 0.5) is 5.82 Å². The van der Waals surface area contributed by atoms with Crippen LogP contribution in [-0.4, -0.2) is 16.9 Å². The molecule has 0 fully saturated rings. The molecule has 1 aromatic carbocycles. The average molecular weight is 241 g/mol. The molecule has 0 saturated heterocycles. The zero-order valence-corrected chi connectivity index (χ0v) is 10.1. The molecule has 0 radical (unpaired) electrons. The molecule has 92 valence electrons. The van der Waals surface area contributed by atoms with Gasteiger partial charge in [-0.05, 0) is 24.6 Å². The van der Waals surface area contributed by atoms with Crippen LogP contribution in [-0.2, 0) is 4.79 Å². The lowest BCUT2D eigenvalue weighted by molar-refractivity contribution is -0.117. The number of carbonyl (C=O) groups excluding carboxylic acids is 1. The number of benzene rings is 1. The molecule has 0 aliphatic heterocycles. The number of aromatic nitrogens is 1. The van der Waals surface area contributed by atoms with E-state index in [0.717, 1.165) is 11.1 Å². The van der Waals surface area contributed by atoms with Gasteiger partial charge >= 0.3 is 0 Å². The predicted molar refractivity (Wildman–Crippen MR) is 72.0 cm³/mol. The Morgan fingerprint density at radius 3 is 2.44 bits per heavy atom. The van der Waals surface area contributed by atoms with Crippen molar-refractivity contribution in [2.75, 3.05) is 5.32 Å². The Hall–Kier alpha value is -2.20. The molecule has 2 aromatic rings. The Morgan fingerprint density at radius 1 is 1.17 bits per heavy atom. The summed E-state index contributed by atoms with van der Waals surface area (Å²) in [6.45, 7) is 1.63. The second-order valence-electron chi connectivity index (χ2n) is 4.08.